The molecule has 0 radical (unpaired) electrons. The molecule has 0 unspecified atom stereocenters. The summed E-state index contributed by atoms with van der Waals surface area (Å²) in [5.41, 5.74) is 6.31. The first kappa shape index (κ1) is 14.3. The van der Waals surface area contributed by atoms with Crippen LogP contribution in [0.2, 0.25) is 0 Å². The van der Waals surface area contributed by atoms with E-state index in [1.807, 2.05) is 0 Å². The molecular formula is C13H20N2O3. The van der Waals surface area contributed by atoms with E-state index < -0.39 is 5.97 Å². The van der Waals surface area contributed by atoms with Crippen LogP contribution in [0.15, 0.2) is 12.3 Å². The predicted molar refractivity (Wildman–Crippen MR) is 69.6 cm³/mol. The zero-order valence-corrected chi connectivity index (χ0v) is 10.9. The van der Waals surface area contributed by atoms with E-state index in [1.54, 1.807) is 6.92 Å². The molecule has 0 saturated heterocycles. The number of nitrogen functional groups attached to an aromatic ring is 1. The number of hydrogen-bond donors (Lipinski definition) is 1. The minimum atomic E-state index is -0.456. The largest absolute Gasteiger partial charge is 0.477 e. The second kappa shape index (κ2) is 7.53. The molecule has 5 nitrogen and oxygen atoms in total. The van der Waals surface area contributed by atoms with E-state index in [2.05, 4.69) is 11.9 Å². The second-order valence-corrected chi connectivity index (χ2v) is 3.90. The van der Waals surface area contributed by atoms with Gasteiger partial charge in [0, 0.05) is 0 Å². The molecule has 0 atom stereocenters. The summed E-state index contributed by atoms with van der Waals surface area (Å²) in [4.78, 5) is 15.7. The number of aromatic nitrogens is 1. The number of nitrogens with zero attached hydrogens (tertiary/aromatic N) is 1. The van der Waals surface area contributed by atoms with E-state index >= 15 is 0 Å². The molecule has 0 saturated carbocycles. The maximum absolute atomic E-state index is 11.7. The highest BCUT2D eigenvalue weighted by Gasteiger charge is 2.15. The Morgan fingerprint density at radius 2 is 2.17 bits per heavy atom. The Kier molecular flexibility index (Phi) is 5.97. The molecule has 0 aliphatic carbocycles. The summed E-state index contributed by atoms with van der Waals surface area (Å²) in [6, 6.07) is 1.53. The van der Waals surface area contributed by atoms with E-state index in [0.29, 0.717) is 24.8 Å². The standard InChI is InChI=1S/C13H20N2O3/c1-3-5-6-7-18-12-11(13(16)17-4-2)8-10(14)9-15-12/h8-9H,3-7,14H2,1-2H3. The molecule has 100 valence electrons. The van der Waals surface area contributed by atoms with Gasteiger partial charge in [0.1, 0.15) is 5.56 Å². The Bertz CT molecular complexity index is 394. The fourth-order valence-corrected chi connectivity index (χ4v) is 1.46. The molecule has 0 aliphatic heterocycles. The van der Waals surface area contributed by atoms with E-state index in [4.69, 9.17) is 15.2 Å². The fourth-order valence-electron chi connectivity index (χ4n) is 1.46. The summed E-state index contributed by atoms with van der Waals surface area (Å²) < 4.78 is 10.4. The lowest BCUT2D eigenvalue weighted by Crippen LogP contribution is -2.10. The molecular weight excluding hydrogens is 232 g/mol. The smallest absolute Gasteiger partial charge is 0.343 e. The number of nitrogens with two attached hydrogens (primary N) is 1. The van der Waals surface area contributed by atoms with Gasteiger partial charge >= 0.3 is 5.97 Å². The second-order valence-electron chi connectivity index (χ2n) is 3.90. The van der Waals surface area contributed by atoms with E-state index in [0.717, 1.165) is 19.3 Å². The third kappa shape index (κ3) is 4.24. The van der Waals surface area contributed by atoms with Crippen molar-refractivity contribution in [1.82, 2.24) is 4.98 Å². The molecule has 0 bridgehead atoms. The lowest BCUT2D eigenvalue weighted by molar-refractivity contribution is 0.0520. The van der Waals surface area contributed by atoms with Crippen molar-refractivity contribution in [3.63, 3.8) is 0 Å². The van der Waals surface area contributed by atoms with Gasteiger partial charge < -0.3 is 15.2 Å². The summed E-state index contributed by atoms with van der Waals surface area (Å²) in [6.45, 7) is 4.71. The van der Waals surface area contributed by atoms with Crippen LogP contribution in [0.25, 0.3) is 0 Å². The van der Waals surface area contributed by atoms with Gasteiger partial charge in [-0.1, -0.05) is 19.8 Å². The van der Waals surface area contributed by atoms with Crippen molar-refractivity contribution in [2.75, 3.05) is 18.9 Å². The number of anilines is 1. The number of esters is 1. The van der Waals surface area contributed by atoms with E-state index in [9.17, 15) is 4.79 Å². The zero-order valence-electron chi connectivity index (χ0n) is 10.9. The average Bonchev–Trinajstić information content (AvgIpc) is 2.36. The van der Waals surface area contributed by atoms with Crippen molar-refractivity contribution in [3.8, 4) is 5.88 Å². The molecule has 5 heteroatoms. The predicted octanol–water partition coefficient (Wildman–Crippen LogP) is 2.41. The van der Waals surface area contributed by atoms with Gasteiger partial charge in [0.2, 0.25) is 5.88 Å². The molecule has 18 heavy (non-hydrogen) atoms. The first-order valence-electron chi connectivity index (χ1n) is 6.24. The summed E-state index contributed by atoms with van der Waals surface area (Å²) in [7, 11) is 0. The van der Waals surface area contributed by atoms with Crippen molar-refractivity contribution in [1.29, 1.82) is 0 Å². The van der Waals surface area contributed by atoms with E-state index in [-0.39, 0.29) is 5.56 Å². The summed E-state index contributed by atoms with van der Waals surface area (Å²) in [5, 5.41) is 0. The van der Waals surface area contributed by atoms with Gasteiger partial charge in [-0.3, -0.25) is 0 Å². The third-order valence-electron chi connectivity index (χ3n) is 2.35. The number of carbonyl (C=O) groups is 1. The number of unbranched alkanes of at least 4 members (excludes halogenated alkanes) is 2. The lowest BCUT2D eigenvalue weighted by Gasteiger charge is -2.10. The van der Waals surface area contributed by atoms with Crippen LogP contribution in [0.3, 0.4) is 0 Å². The van der Waals surface area contributed by atoms with Gasteiger partial charge in [-0.15, -0.1) is 0 Å². The highest BCUT2D eigenvalue weighted by atomic mass is 16.5. The first-order valence-corrected chi connectivity index (χ1v) is 6.24. The fraction of sp³-hybridized carbons (Fsp3) is 0.538. The summed E-state index contributed by atoms with van der Waals surface area (Å²) >= 11 is 0. The van der Waals surface area contributed by atoms with Crippen LogP contribution in [0.1, 0.15) is 43.5 Å². The normalized spacial score (nSPS) is 10.1. The summed E-state index contributed by atoms with van der Waals surface area (Å²) in [6.07, 6.45) is 4.61. The highest BCUT2D eigenvalue weighted by molar-refractivity contribution is 5.92. The van der Waals surface area contributed by atoms with Crippen molar-refractivity contribution < 1.29 is 14.3 Å². The van der Waals surface area contributed by atoms with Crippen LogP contribution in [0, 0.1) is 0 Å². The van der Waals surface area contributed by atoms with Gasteiger partial charge in [0.25, 0.3) is 0 Å². The van der Waals surface area contributed by atoms with Gasteiger partial charge in [-0.25, -0.2) is 9.78 Å². The minimum Gasteiger partial charge on any atom is -0.477 e. The minimum absolute atomic E-state index is 0.286. The Labute approximate surface area is 107 Å². The molecule has 0 fully saturated rings. The van der Waals surface area contributed by atoms with Crippen LogP contribution >= 0.6 is 0 Å². The monoisotopic (exact) mass is 252 g/mol. The third-order valence-corrected chi connectivity index (χ3v) is 2.35. The van der Waals surface area contributed by atoms with Gasteiger partial charge in [-0.05, 0) is 19.4 Å². The maximum atomic E-state index is 11.7. The van der Waals surface area contributed by atoms with Crippen LogP contribution in [0.5, 0.6) is 5.88 Å². The Hall–Kier alpha value is -1.78. The summed E-state index contributed by atoms with van der Waals surface area (Å²) in [5.74, 6) is -0.165. The molecule has 1 rings (SSSR count). The average molecular weight is 252 g/mol. The van der Waals surface area contributed by atoms with Crippen LogP contribution in [-0.2, 0) is 4.74 Å². The van der Waals surface area contributed by atoms with Crippen molar-refractivity contribution in [2.24, 2.45) is 0 Å². The SMILES string of the molecule is CCCCCOc1ncc(N)cc1C(=O)OCC. The van der Waals surface area contributed by atoms with Crippen molar-refractivity contribution in [2.45, 2.75) is 33.1 Å². The Balaban J connectivity index is 2.73. The maximum Gasteiger partial charge on any atom is 0.343 e. The van der Waals surface area contributed by atoms with Crippen LogP contribution < -0.4 is 10.5 Å². The van der Waals surface area contributed by atoms with Crippen LogP contribution in [0.4, 0.5) is 5.69 Å². The number of pyridine rings is 1. The molecule has 0 amide bonds. The number of ether oxygens (including phenoxy) is 2. The molecule has 0 aliphatic rings. The molecule has 1 aromatic rings. The topological polar surface area (TPSA) is 74.4 Å². The number of carbonyl (C=O) groups excluding carboxylic acids is 1. The lowest BCUT2D eigenvalue weighted by atomic mass is 10.2. The Morgan fingerprint density at radius 3 is 2.83 bits per heavy atom. The van der Waals surface area contributed by atoms with E-state index in [1.165, 1.54) is 12.3 Å². The Morgan fingerprint density at radius 1 is 1.39 bits per heavy atom. The molecule has 0 spiro atoms. The zero-order chi connectivity index (χ0) is 13.4. The highest BCUT2D eigenvalue weighted by Crippen LogP contribution is 2.19. The number of rotatable bonds is 7. The molecule has 2 N–H and O–H groups in total. The molecule has 1 aromatic heterocycles. The van der Waals surface area contributed by atoms with Gasteiger partial charge in [0.15, 0.2) is 0 Å². The van der Waals surface area contributed by atoms with Crippen molar-refractivity contribution in [3.05, 3.63) is 17.8 Å². The van der Waals surface area contributed by atoms with Crippen LogP contribution in [-0.4, -0.2) is 24.2 Å². The molecule has 0 aromatic carbocycles. The quantitative estimate of drug-likeness (QED) is 0.595. The molecule has 1 heterocycles. The number of hydrogen-bond acceptors (Lipinski definition) is 5. The van der Waals surface area contributed by atoms with Gasteiger partial charge in [-0.2, -0.15) is 0 Å². The van der Waals surface area contributed by atoms with Gasteiger partial charge in [0.05, 0.1) is 25.1 Å². The van der Waals surface area contributed by atoms with Crippen molar-refractivity contribution >= 4 is 11.7 Å². The first-order chi connectivity index (χ1) is 8.69.